The van der Waals surface area contributed by atoms with Crippen LogP contribution in [0.15, 0.2) is 18.2 Å². The van der Waals surface area contributed by atoms with Crippen LogP contribution >= 0.6 is 11.6 Å². The first-order valence-corrected chi connectivity index (χ1v) is 7.20. The molecule has 3 N–H and O–H groups in total. The Balaban J connectivity index is 2.96. The quantitative estimate of drug-likeness (QED) is 0.775. The Bertz CT molecular complexity index is 548. The smallest absolute Gasteiger partial charge is 0.248 e. The molecule has 0 atom stereocenters. The fourth-order valence-electron chi connectivity index (χ4n) is 1.22. The molecule has 0 aliphatic carbocycles. The molecule has 100 valence electrons. The number of amides is 1. The van der Waals surface area contributed by atoms with Gasteiger partial charge in [-0.25, -0.2) is 12.8 Å². The summed E-state index contributed by atoms with van der Waals surface area (Å²) in [4.78, 5) is 10.9. The third-order valence-electron chi connectivity index (χ3n) is 2.06. The Morgan fingerprint density at radius 3 is 2.67 bits per heavy atom. The van der Waals surface area contributed by atoms with E-state index < -0.39 is 21.7 Å². The van der Waals surface area contributed by atoms with Crippen LogP contribution in [0, 0.1) is 5.82 Å². The molecule has 0 saturated heterocycles. The molecule has 0 fully saturated rings. The summed E-state index contributed by atoms with van der Waals surface area (Å²) in [5.41, 5.74) is 4.74. The highest BCUT2D eigenvalue weighted by Crippen LogP contribution is 2.17. The fraction of sp³-hybridized carbons (Fsp3) is 0.300. The monoisotopic (exact) mass is 294 g/mol. The van der Waals surface area contributed by atoms with E-state index in [1.54, 1.807) is 0 Å². The van der Waals surface area contributed by atoms with Crippen molar-refractivity contribution in [1.82, 2.24) is 0 Å². The van der Waals surface area contributed by atoms with E-state index in [2.05, 4.69) is 0 Å². The van der Waals surface area contributed by atoms with Crippen LogP contribution < -0.4 is 10.5 Å². The molecule has 1 aromatic carbocycles. The molecule has 0 heterocycles. The van der Waals surface area contributed by atoms with Gasteiger partial charge in [0.25, 0.3) is 0 Å². The predicted molar refractivity (Wildman–Crippen MR) is 67.7 cm³/mol. The second kappa shape index (κ2) is 6.01. The number of hydrogen-bond acceptors (Lipinski definition) is 3. The number of nitrogens with one attached hydrogen (secondary N) is 1. The van der Waals surface area contributed by atoms with Crippen molar-refractivity contribution in [2.75, 3.05) is 16.4 Å². The van der Waals surface area contributed by atoms with Gasteiger partial charge in [-0.15, -0.1) is 11.6 Å². The van der Waals surface area contributed by atoms with E-state index in [0.29, 0.717) is 0 Å². The zero-order chi connectivity index (χ0) is 13.8. The molecule has 0 aliphatic rings. The van der Waals surface area contributed by atoms with Crippen LogP contribution in [0.25, 0.3) is 0 Å². The lowest BCUT2D eigenvalue weighted by Gasteiger charge is -2.09. The number of rotatable bonds is 6. The Hall–Kier alpha value is -1.34. The molecule has 0 spiro atoms. The number of hydrogen-bond donors (Lipinski definition) is 2. The number of halogens is 2. The van der Waals surface area contributed by atoms with Crippen LogP contribution in [0.2, 0.25) is 0 Å². The molecular formula is C10H12ClFN2O3S. The van der Waals surface area contributed by atoms with Gasteiger partial charge in [-0.05, 0) is 24.6 Å². The number of sulfonamides is 1. The first-order valence-electron chi connectivity index (χ1n) is 5.01. The number of carbonyl (C=O) groups is 1. The van der Waals surface area contributed by atoms with Crippen molar-refractivity contribution in [1.29, 1.82) is 0 Å². The Morgan fingerprint density at radius 1 is 1.44 bits per heavy atom. The second-order valence-electron chi connectivity index (χ2n) is 3.52. The van der Waals surface area contributed by atoms with Gasteiger partial charge in [0.1, 0.15) is 5.82 Å². The first-order chi connectivity index (χ1) is 8.35. The maximum Gasteiger partial charge on any atom is 0.248 e. The van der Waals surface area contributed by atoms with Gasteiger partial charge in [0, 0.05) is 11.4 Å². The minimum absolute atomic E-state index is 0.0199. The van der Waals surface area contributed by atoms with Crippen molar-refractivity contribution in [3.63, 3.8) is 0 Å². The molecule has 0 aromatic heterocycles. The van der Waals surface area contributed by atoms with E-state index >= 15 is 0 Å². The number of benzene rings is 1. The van der Waals surface area contributed by atoms with Gasteiger partial charge in [0.2, 0.25) is 15.9 Å². The molecule has 1 aromatic rings. The lowest BCUT2D eigenvalue weighted by atomic mass is 10.2. The number of alkyl halides is 1. The fourth-order valence-corrected chi connectivity index (χ4v) is 2.63. The summed E-state index contributed by atoms with van der Waals surface area (Å²) < 4.78 is 38.5. The molecule has 0 bridgehead atoms. The number of primary amides is 1. The summed E-state index contributed by atoms with van der Waals surface area (Å²) in [7, 11) is -3.69. The molecular weight excluding hydrogens is 283 g/mol. The van der Waals surface area contributed by atoms with Crippen molar-refractivity contribution in [2.24, 2.45) is 5.73 Å². The minimum atomic E-state index is -3.69. The van der Waals surface area contributed by atoms with Crippen molar-refractivity contribution < 1.29 is 17.6 Å². The van der Waals surface area contributed by atoms with E-state index in [9.17, 15) is 17.6 Å². The van der Waals surface area contributed by atoms with Crippen molar-refractivity contribution in [3.05, 3.63) is 29.6 Å². The number of anilines is 1. The van der Waals surface area contributed by atoms with Gasteiger partial charge in [0.05, 0.1) is 11.4 Å². The Kier molecular flexibility index (Phi) is 4.92. The maximum atomic E-state index is 13.4. The van der Waals surface area contributed by atoms with Gasteiger partial charge in [-0.1, -0.05) is 0 Å². The second-order valence-corrected chi connectivity index (χ2v) is 5.74. The predicted octanol–water partition coefficient (Wildman–Crippen LogP) is 1.30. The average Bonchev–Trinajstić information content (AvgIpc) is 2.29. The molecule has 0 aliphatic heterocycles. The van der Waals surface area contributed by atoms with E-state index in [0.717, 1.165) is 12.1 Å². The minimum Gasteiger partial charge on any atom is -0.366 e. The van der Waals surface area contributed by atoms with Crippen LogP contribution in [0.3, 0.4) is 0 Å². The third-order valence-corrected chi connectivity index (χ3v) is 3.69. The van der Waals surface area contributed by atoms with Crippen molar-refractivity contribution >= 4 is 33.2 Å². The Labute approximate surface area is 109 Å². The van der Waals surface area contributed by atoms with E-state index in [1.165, 1.54) is 6.07 Å². The number of carbonyl (C=O) groups excluding carboxylic acids is 1. The van der Waals surface area contributed by atoms with Gasteiger partial charge in [0.15, 0.2) is 0 Å². The molecule has 1 amide bonds. The molecule has 18 heavy (non-hydrogen) atoms. The third kappa shape index (κ3) is 4.15. The zero-order valence-electron chi connectivity index (χ0n) is 9.32. The molecule has 8 heteroatoms. The lowest BCUT2D eigenvalue weighted by molar-refractivity contribution is 0.100. The Morgan fingerprint density at radius 2 is 2.11 bits per heavy atom. The summed E-state index contributed by atoms with van der Waals surface area (Å²) in [6.07, 6.45) is 0.244. The zero-order valence-corrected chi connectivity index (χ0v) is 10.9. The van der Waals surface area contributed by atoms with E-state index in [-0.39, 0.29) is 29.3 Å². The van der Waals surface area contributed by atoms with E-state index in [1.807, 2.05) is 4.72 Å². The molecule has 5 nitrogen and oxygen atoms in total. The van der Waals surface area contributed by atoms with Crippen molar-refractivity contribution in [3.8, 4) is 0 Å². The van der Waals surface area contributed by atoms with Gasteiger partial charge >= 0.3 is 0 Å². The first kappa shape index (κ1) is 14.7. The van der Waals surface area contributed by atoms with Crippen molar-refractivity contribution in [2.45, 2.75) is 6.42 Å². The van der Waals surface area contributed by atoms with Crippen LogP contribution in [0.4, 0.5) is 10.1 Å². The van der Waals surface area contributed by atoms with Gasteiger partial charge < -0.3 is 5.73 Å². The summed E-state index contributed by atoms with van der Waals surface area (Å²) in [6, 6.07) is 3.20. The van der Waals surface area contributed by atoms with Crippen LogP contribution in [-0.4, -0.2) is 26.0 Å². The highest BCUT2D eigenvalue weighted by atomic mass is 35.5. The molecule has 0 radical (unpaired) electrons. The lowest BCUT2D eigenvalue weighted by Crippen LogP contribution is -2.19. The summed E-state index contributed by atoms with van der Waals surface area (Å²) in [6.45, 7) is 0. The summed E-state index contributed by atoms with van der Waals surface area (Å²) in [5.74, 6) is -1.59. The highest BCUT2D eigenvalue weighted by molar-refractivity contribution is 7.92. The highest BCUT2D eigenvalue weighted by Gasteiger charge is 2.14. The SMILES string of the molecule is NC(=O)c1ccc(F)c(NS(=O)(=O)CCCCl)c1. The van der Waals surface area contributed by atoms with Crippen LogP contribution in [0.1, 0.15) is 16.8 Å². The normalized spacial score (nSPS) is 11.2. The van der Waals surface area contributed by atoms with E-state index in [4.69, 9.17) is 17.3 Å². The maximum absolute atomic E-state index is 13.4. The molecule has 1 rings (SSSR count). The van der Waals surface area contributed by atoms with Crippen LogP contribution in [-0.2, 0) is 10.0 Å². The van der Waals surface area contributed by atoms with Crippen LogP contribution in [0.5, 0.6) is 0 Å². The standard InChI is InChI=1S/C10H12ClFN2O3S/c11-4-1-5-18(16,17)14-9-6-7(10(13)15)2-3-8(9)12/h2-3,6,14H,1,4-5H2,(H2,13,15). The summed E-state index contributed by atoms with van der Waals surface area (Å²) in [5, 5.41) is 0. The van der Waals surface area contributed by atoms with Gasteiger partial charge in [-0.2, -0.15) is 0 Å². The summed E-state index contributed by atoms with van der Waals surface area (Å²) >= 11 is 5.38. The largest absolute Gasteiger partial charge is 0.366 e. The number of nitrogens with two attached hydrogens (primary N) is 1. The average molecular weight is 295 g/mol. The topological polar surface area (TPSA) is 89.3 Å². The molecule has 0 saturated carbocycles. The molecule has 0 unspecified atom stereocenters. The van der Waals surface area contributed by atoms with Gasteiger partial charge in [-0.3, -0.25) is 9.52 Å².